The van der Waals surface area contributed by atoms with Gasteiger partial charge in [-0.15, -0.1) is 0 Å². The van der Waals surface area contributed by atoms with Gasteiger partial charge in [0.25, 0.3) is 0 Å². The first-order valence-corrected chi connectivity index (χ1v) is 2.40. The van der Waals surface area contributed by atoms with Gasteiger partial charge < -0.3 is 5.11 Å². The monoisotopic (exact) mass is 128 g/mol. The summed E-state index contributed by atoms with van der Waals surface area (Å²) >= 11 is 0. The second kappa shape index (κ2) is 2.50. The zero-order chi connectivity index (χ0) is 6.69. The maximum Gasteiger partial charge on any atom is 0.221 e. The van der Waals surface area contributed by atoms with Gasteiger partial charge in [0.2, 0.25) is 5.95 Å². The highest BCUT2D eigenvalue weighted by atomic mass is 19.1. The van der Waals surface area contributed by atoms with Gasteiger partial charge in [-0.25, -0.2) is 9.97 Å². The summed E-state index contributed by atoms with van der Waals surface area (Å²) in [6.07, 6.45) is 2.33. The number of hydrogen-bond donors (Lipinski definition) is 1. The Hall–Kier alpha value is -1.03. The largest absolute Gasteiger partial charge is 0.391 e. The highest BCUT2D eigenvalue weighted by Gasteiger charge is 1.97. The quantitative estimate of drug-likeness (QED) is 0.546. The minimum Gasteiger partial charge on any atom is -0.391 e. The van der Waals surface area contributed by atoms with Crippen molar-refractivity contribution in [3.8, 4) is 0 Å². The fraction of sp³-hybridized carbons (Fsp3) is 0.200. The maximum absolute atomic E-state index is 12.3. The van der Waals surface area contributed by atoms with Crippen LogP contribution in [0.4, 0.5) is 4.39 Å². The first-order chi connectivity index (χ1) is 4.34. The summed E-state index contributed by atoms with van der Waals surface area (Å²) in [6.45, 7) is -0.354. The summed E-state index contributed by atoms with van der Waals surface area (Å²) in [6, 6.07) is 0. The molecule has 3 nitrogen and oxygen atoms in total. The van der Waals surface area contributed by atoms with Crippen LogP contribution in [0, 0.1) is 5.95 Å². The van der Waals surface area contributed by atoms with Crippen LogP contribution in [0.1, 0.15) is 5.56 Å². The molecule has 9 heavy (non-hydrogen) atoms. The molecule has 4 heteroatoms. The van der Waals surface area contributed by atoms with E-state index in [1.807, 2.05) is 0 Å². The first-order valence-electron chi connectivity index (χ1n) is 2.40. The van der Waals surface area contributed by atoms with Crippen molar-refractivity contribution in [1.82, 2.24) is 9.97 Å². The lowest BCUT2D eigenvalue weighted by atomic mass is 10.4. The number of nitrogens with zero attached hydrogens (tertiary/aromatic N) is 2. The third kappa shape index (κ3) is 1.20. The Kier molecular flexibility index (Phi) is 1.69. The number of hydrogen-bond acceptors (Lipinski definition) is 3. The van der Waals surface area contributed by atoms with Gasteiger partial charge in [-0.05, 0) is 0 Å². The summed E-state index contributed by atoms with van der Waals surface area (Å²) in [5.41, 5.74) is 0.123. The van der Waals surface area contributed by atoms with E-state index in [0.29, 0.717) is 0 Å². The summed E-state index contributed by atoms with van der Waals surface area (Å²) in [5, 5.41) is 8.40. The lowest BCUT2D eigenvalue weighted by Gasteiger charge is -1.92. The molecule has 0 aliphatic heterocycles. The maximum atomic E-state index is 12.3. The summed E-state index contributed by atoms with van der Waals surface area (Å²) in [4.78, 5) is 6.72. The normalized spacial score (nSPS) is 9.56. The van der Waals surface area contributed by atoms with Crippen LogP contribution < -0.4 is 0 Å². The summed E-state index contributed by atoms with van der Waals surface area (Å²) < 4.78 is 12.3. The Labute approximate surface area is 51.2 Å². The van der Waals surface area contributed by atoms with Crippen LogP contribution >= 0.6 is 0 Å². The molecular formula is C5H5FN2O. The van der Waals surface area contributed by atoms with E-state index in [9.17, 15) is 4.39 Å². The molecule has 0 spiro atoms. The van der Waals surface area contributed by atoms with Crippen molar-refractivity contribution < 1.29 is 9.50 Å². The van der Waals surface area contributed by atoms with Crippen LogP contribution in [0.5, 0.6) is 0 Å². The number of aliphatic hydroxyl groups excluding tert-OH is 1. The van der Waals surface area contributed by atoms with Crippen molar-refractivity contribution in [2.24, 2.45) is 0 Å². The Morgan fingerprint density at radius 3 is 2.89 bits per heavy atom. The van der Waals surface area contributed by atoms with Crippen LogP contribution in [0.25, 0.3) is 0 Å². The van der Waals surface area contributed by atoms with E-state index < -0.39 is 5.95 Å². The van der Waals surface area contributed by atoms with Crippen LogP contribution in [0.2, 0.25) is 0 Å². The van der Waals surface area contributed by atoms with Crippen molar-refractivity contribution >= 4 is 0 Å². The molecule has 48 valence electrons. The number of aromatic nitrogens is 2. The number of aliphatic hydroxyl groups is 1. The van der Waals surface area contributed by atoms with Gasteiger partial charge in [0, 0.05) is 6.20 Å². The smallest absolute Gasteiger partial charge is 0.221 e. The minimum absolute atomic E-state index is 0.123. The molecule has 0 fully saturated rings. The third-order valence-corrected chi connectivity index (χ3v) is 0.903. The molecule has 1 rings (SSSR count). The van der Waals surface area contributed by atoms with E-state index >= 15 is 0 Å². The van der Waals surface area contributed by atoms with E-state index in [2.05, 4.69) is 9.97 Å². The zero-order valence-electron chi connectivity index (χ0n) is 4.58. The Morgan fingerprint density at radius 1 is 1.67 bits per heavy atom. The fourth-order valence-corrected chi connectivity index (χ4v) is 0.450. The Bertz CT molecular complexity index is 204. The van der Waals surface area contributed by atoms with Crippen molar-refractivity contribution in [1.29, 1.82) is 0 Å². The Morgan fingerprint density at radius 2 is 2.44 bits per heavy atom. The lowest BCUT2D eigenvalue weighted by molar-refractivity contribution is 0.273. The minimum atomic E-state index is -0.660. The van der Waals surface area contributed by atoms with Crippen LogP contribution in [-0.2, 0) is 6.61 Å². The van der Waals surface area contributed by atoms with E-state index in [-0.39, 0.29) is 12.2 Å². The summed E-state index contributed by atoms with van der Waals surface area (Å²) in [7, 11) is 0. The standard InChI is InChI=1S/C5H5FN2O/c6-5-4(2-9)1-7-3-8-5/h1,3,9H,2H2. The van der Waals surface area contributed by atoms with E-state index in [1.54, 1.807) is 0 Å². The van der Waals surface area contributed by atoms with Crippen LogP contribution in [0.15, 0.2) is 12.5 Å². The van der Waals surface area contributed by atoms with Gasteiger partial charge in [0.15, 0.2) is 0 Å². The summed E-state index contributed by atoms with van der Waals surface area (Å²) in [5.74, 6) is -0.660. The number of halogens is 1. The molecule has 0 saturated carbocycles. The molecule has 0 aromatic carbocycles. The fourth-order valence-electron chi connectivity index (χ4n) is 0.450. The van der Waals surface area contributed by atoms with Crippen molar-refractivity contribution in [2.75, 3.05) is 0 Å². The SMILES string of the molecule is OCc1cncnc1F. The van der Waals surface area contributed by atoms with Crippen LogP contribution in [-0.4, -0.2) is 15.1 Å². The lowest BCUT2D eigenvalue weighted by Crippen LogP contribution is -1.93. The molecular weight excluding hydrogens is 123 g/mol. The molecule has 0 aliphatic rings. The highest BCUT2D eigenvalue weighted by Crippen LogP contribution is 1.98. The predicted octanol–water partition coefficient (Wildman–Crippen LogP) is 0.108. The first kappa shape index (κ1) is 6.10. The van der Waals surface area contributed by atoms with Gasteiger partial charge in [-0.2, -0.15) is 4.39 Å². The molecule has 0 aliphatic carbocycles. The van der Waals surface area contributed by atoms with Crippen molar-refractivity contribution in [3.05, 3.63) is 24.0 Å². The molecule has 1 aromatic heterocycles. The predicted molar refractivity (Wildman–Crippen MR) is 27.9 cm³/mol. The average Bonchev–Trinajstić information content (AvgIpc) is 1.89. The topological polar surface area (TPSA) is 46.0 Å². The van der Waals surface area contributed by atoms with Crippen LogP contribution in [0.3, 0.4) is 0 Å². The van der Waals surface area contributed by atoms with Gasteiger partial charge in [-0.3, -0.25) is 0 Å². The molecule has 0 amide bonds. The molecule has 0 bridgehead atoms. The number of rotatable bonds is 1. The highest BCUT2D eigenvalue weighted by molar-refractivity contribution is 5.02. The molecule has 0 radical (unpaired) electrons. The van der Waals surface area contributed by atoms with E-state index in [1.165, 1.54) is 6.20 Å². The van der Waals surface area contributed by atoms with E-state index in [4.69, 9.17) is 5.11 Å². The molecule has 0 saturated heterocycles. The third-order valence-electron chi connectivity index (χ3n) is 0.903. The molecule has 0 unspecified atom stereocenters. The molecule has 0 atom stereocenters. The van der Waals surface area contributed by atoms with Crippen molar-refractivity contribution in [3.63, 3.8) is 0 Å². The average molecular weight is 128 g/mol. The van der Waals surface area contributed by atoms with Gasteiger partial charge in [0.05, 0.1) is 12.2 Å². The van der Waals surface area contributed by atoms with Gasteiger partial charge >= 0.3 is 0 Å². The Balaban J connectivity index is 3.01. The van der Waals surface area contributed by atoms with E-state index in [0.717, 1.165) is 6.33 Å². The zero-order valence-corrected chi connectivity index (χ0v) is 4.58. The van der Waals surface area contributed by atoms with Gasteiger partial charge in [0.1, 0.15) is 6.33 Å². The second-order valence-electron chi connectivity index (χ2n) is 1.50. The molecule has 1 N–H and O–H groups in total. The molecule has 1 heterocycles. The molecule has 1 aromatic rings. The second-order valence-corrected chi connectivity index (χ2v) is 1.50. The van der Waals surface area contributed by atoms with Gasteiger partial charge in [-0.1, -0.05) is 0 Å². The van der Waals surface area contributed by atoms with Crippen molar-refractivity contribution in [2.45, 2.75) is 6.61 Å².